The summed E-state index contributed by atoms with van der Waals surface area (Å²) in [7, 11) is 3.27. The summed E-state index contributed by atoms with van der Waals surface area (Å²) < 4.78 is 11.3. The van der Waals surface area contributed by atoms with Gasteiger partial charge < -0.3 is 19.9 Å². The Bertz CT molecular complexity index is 966. The summed E-state index contributed by atoms with van der Waals surface area (Å²) in [5.74, 6) is 2.15. The highest BCUT2D eigenvalue weighted by atomic mass is 35.5. The number of halogens is 1. The van der Waals surface area contributed by atoms with Crippen LogP contribution in [0.1, 0.15) is 36.0 Å². The SMILES string of the molecule is COC1=C(OC)c2ccccc2C/C1=C(/O)NCCC1CCN(Cc2ccccc2)CC1.Cl. The third kappa shape index (κ3) is 6.04. The fraction of sp³-hybridized carbons (Fsp3) is 0.407. The van der Waals surface area contributed by atoms with Gasteiger partial charge in [0.05, 0.1) is 19.8 Å². The first kappa shape index (κ1) is 25.0. The molecular formula is C27H35ClN2O3. The van der Waals surface area contributed by atoms with Crippen LogP contribution in [0.3, 0.4) is 0 Å². The molecule has 2 aliphatic rings. The molecule has 1 fully saturated rings. The lowest BCUT2D eigenvalue weighted by Crippen LogP contribution is -2.34. The van der Waals surface area contributed by atoms with Crippen LogP contribution >= 0.6 is 12.4 Å². The van der Waals surface area contributed by atoms with Crippen molar-refractivity contribution in [1.29, 1.82) is 0 Å². The van der Waals surface area contributed by atoms with Crippen LogP contribution in [0.4, 0.5) is 0 Å². The van der Waals surface area contributed by atoms with Gasteiger partial charge in [-0.3, -0.25) is 4.90 Å². The summed E-state index contributed by atoms with van der Waals surface area (Å²) in [5.41, 5.74) is 4.28. The minimum absolute atomic E-state index is 0. The number of piperidine rings is 1. The number of methoxy groups -OCH3 is 2. The Morgan fingerprint density at radius 1 is 0.970 bits per heavy atom. The standard InChI is InChI=1S/C27H34N2O3.ClH/c1-31-25-23-11-7-6-10-22(23)18-24(26(25)32-2)27(30)28-15-12-20-13-16-29(17-14-20)19-21-8-4-3-5-9-21;/h3-11,20,28,30H,12-19H2,1-2H3;1H/b27-24-;. The molecule has 1 saturated heterocycles. The number of nitrogens with one attached hydrogen (secondary N) is 1. The maximum atomic E-state index is 10.8. The highest BCUT2D eigenvalue weighted by molar-refractivity contribution is 5.85. The fourth-order valence-corrected chi connectivity index (χ4v) is 4.81. The molecule has 2 aromatic carbocycles. The molecule has 1 aliphatic heterocycles. The molecule has 6 heteroatoms. The molecule has 4 rings (SSSR count). The molecule has 0 spiro atoms. The van der Waals surface area contributed by atoms with Crippen LogP contribution in [-0.2, 0) is 22.4 Å². The second-order valence-corrected chi connectivity index (χ2v) is 8.65. The van der Waals surface area contributed by atoms with E-state index in [2.05, 4.69) is 46.6 Å². The molecule has 5 nitrogen and oxygen atoms in total. The Hall–Kier alpha value is -2.63. The van der Waals surface area contributed by atoms with Crippen LogP contribution in [0.2, 0.25) is 0 Å². The number of nitrogens with zero attached hydrogens (tertiary/aromatic N) is 1. The van der Waals surface area contributed by atoms with Gasteiger partial charge in [0.25, 0.3) is 0 Å². The van der Waals surface area contributed by atoms with Crippen LogP contribution in [0.15, 0.2) is 71.8 Å². The molecule has 0 unspecified atom stereocenters. The highest BCUT2D eigenvalue weighted by Gasteiger charge is 2.27. The number of ether oxygens (including phenoxy) is 2. The van der Waals surface area contributed by atoms with E-state index < -0.39 is 0 Å². The summed E-state index contributed by atoms with van der Waals surface area (Å²) in [6.07, 6.45) is 4.08. The van der Waals surface area contributed by atoms with E-state index in [1.165, 1.54) is 18.4 Å². The van der Waals surface area contributed by atoms with Crippen molar-refractivity contribution in [2.45, 2.75) is 32.2 Å². The van der Waals surface area contributed by atoms with Gasteiger partial charge in [-0.1, -0.05) is 54.6 Å². The average molecular weight is 471 g/mol. The average Bonchev–Trinajstić information content (AvgIpc) is 2.84. The summed E-state index contributed by atoms with van der Waals surface area (Å²) in [4.78, 5) is 2.54. The second-order valence-electron chi connectivity index (χ2n) is 8.65. The molecule has 33 heavy (non-hydrogen) atoms. The fourth-order valence-electron chi connectivity index (χ4n) is 4.81. The maximum Gasteiger partial charge on any atom is 0.191 e. The van der Waals surface area contributed by atoms with Crippen molar-refractivity contribution in [2.24, 2.45) is 5.92 Å². The van der Waals surface area contributed by atoms with Gasteiger partial charge in [-0.2, -0.15) is 0 Å². The normalized spacial score (nSPS) is 18.2. The Kier molecular flexibility index (Phi) is 9.10. The number of hydrogen-bond acceptors (Lipinski definition) is 5. The summed E-state index contributed by atoms with van der Waals surface area (Å²) in [5, 5.41) is 14.1. The molecule has 0 amide bonds. The molecule has 2 aromatic rings. The minimum Gasteiger partial charge on any atom is -0.495 e. The van der Waals surface area contributed by atoms with E-state index in [1.807, 2.05) is 18.2 Å². The van der Waals surface area contributed by atoms with Crippen LogP contribution in [0, 0.1) is 5.92 Å². The minimum atomic E-state index is 0. The van der Waals surface area contributed by atoms with Crippen molar-refractivity contribution in [3.63, 3.8) is 0 Å². The lowest BCUT2D eigenvalue weighted by molar-refractivity contribution is 0.171. The van der Waals surface area contributed by atoms with Gasteiger partial charge in [0.15, 0.2) is 17.4 Å². The number of hydrogen-bond donors (Lipinski definition) is 2. The van der Waals surface area contributed by atoms with E-state index in [1.54, 1.807) is 14.2 Å². The predicted molar refractivity (Wildman–Crippen MR) is 135 cm³/mol. The number of rotatable bonds is 8. The molecule has 2 N–H and O–H groups in total. The van der Waals surface area contributed by atoms with Crippen molar-refractivity contribution in [3.8, 4) is 0 Å². The first-order valence-electron chi connectivity index (χ1n) is 11.5. The first-order chi connectivity index (χ1) is 15.7. The van der Waals surface area contributed by atoms with Crippen LogP contribution in [-0.4, -0.2) is 43.9 Å². The molecule has 0 saturated carbocycles. The van der Waals surface area contributed by atoms with Crippen LogP contribution < -0.4 is 5.32 Å². The zero-order valence-corrected chi connectivity index (χ0v) is 20.4. The highest BCUT2D eigenvalue weighted by Crippen LogP contribution is 2.36. The summed E-state index contributed by atoms with van der Waals surface area (Å²) in [6, 6.07) is 18.8. The van der Waals surface area contributed by atoms with Gasteiger partial charge in [0.1, 0.15) is 0 Å². The third-order valence-corrected chi connectivity index (χ3v) is 6.60. The lowest BCUT2D eigenvalue weighted by atomic mass is 9.90. The van der Waals surface area contributed by atoms with Gasteiger partial charge in [0, 0.05) is 25.1 Å². The number of benzene rings is 2. The molecular weight excluding hydrogens is 436 g/mol. The monoisotopic (exact) mass is 470 g/mol. The van der Waals surface area contributed by atoms with Crippen LogP contribution in [0.25, 0.3) is 5.76 Å². The second kappa shape index (κ2) is 12.0. The number of likely N-dealkylation sites (tertiary alicyclic amines) is 1. The Morgan fingerprint density at radius 2 is 1.64 bits per heavy atom. The van der Waals surface area contributed by atoms with E-state index >= 15 is 0 Å². The van der Waals surface area contributed by atoms with Gasteiger partial charge in [-0.05, 0) is 49.4 Å². The predicted octanol–water partition coefficient (Wildman–Crippen LogP) is 5.29. The quantitative estimate of drug-likeness (QED) is 0.513. The zero-order chi connectivity index (χ0) is 22.3. The van der Waals surface area contributed by atoms with Crippen molar-refractivity contribution < 1.29 is 14.6 Å². The van der Waals surface area contributed by atoms with Crippen molar-refractivity contribution in [2.75, 3.05) is 33.9 Å². The zero-order valence-electron chi connectivity index (χ0n) is 19.5. The molecule has 0 bridgehead atoms. The van der Waals surface area contributed by atoms with Gasteiger partial charge >= 0.3 is 0 Å². The topological polar surface area (TPSA) is 54.0 Å². The van der Waals surface area contributed by atoms with E-state index in [0.29, 0.717) is 23.9 Å². The van der Waals surface area contributed by atoms with Crippen molar-refractivity contribution >= 4 is 18.2 Å². The number of fused-ring (bicyclic) bond motifs is 1. The number of aliphatic hydroxyl groups is 1. The molecule has 0 radical (unpaired) electrons. The number of aliphatic hydroxyl groups excluding tert-OH is 1. The van der Waals surface area contributed by atoms with Crippen molar-refractivity contribution in [3.05, 3.63) is 88.5 Å². The van der Waals surface area contributed by atoms with E-state index in [4.69, 9.17) is 9.47 Å². The van der Waals surface area contributed by atoms with Gasteiger partial charge in [0.2, 0.25) is 0 Å². The van der Waals surface area contributed by atoms with Crippen LogP contribution in [0.5, 0.6) is 0 Å². The maximum absolute atomic E-state index is 10.8. The van der Waals surface area contributed by atoms with E-state index in [0.717, 1.165) is 49.3 Å². The molecule has 0 aromatic heterocycles. The first-order valence-corrected chi connectivity index (χ1v) is 11.5. The molecule has 1 heterocycles. The van der Waals surface area contributed by atoms with E-state index in [9.17, 15) is 5.11 Å². The van der Waals surface area contributed by atoms with E-state index in [-0.39, 0.29) is 18.3 Å². The molecule has 178 valence electrons. The number of allylic oxidation sites excluding steroid dienone is 1. The Balaban J connectivity index is 0.00000306. The van der Waals surface area contributed by atoms with Crippen molar-refractivity contribution in [1.82, 2.24) is 10.2 Å². The molecule has 0 atom stereocenters. The lowest BCUT2D eigenvalue weighted by Gasteiger charge is -2.32. The Morgan fingerprint density at radius 3 is 2.33 bits per heavy atom. The Labute approximate surface area is 203 Å². The smallest absolute Gasteiger partial charge is 0.191 e. The van der Waals surface area contributed by atoms with Gasteiger partial charge in [-0.25, -0.2) is 0 Å². The summed E-state index contributed by atoms with van der Waals surface area (Å²) >= 11 is 0. The largest absolute Gasteiger partial charge is 0.495 e. The molecule has 1 aliphatic carbocycles. The van der Waals surface area contributed by atoms with Gasteiger partial charge in [-0.15, -0.1) is 12.4 Å². The third-order valence-electron chi connectivity index (χ3n) is 6.60. The summed E-state index contributed by atoms with van der Waals surface area (Å²) in [6.45, 7) is 4.06.